The van der Waals surface area contributed by atoms with Gasteiger partial charge < -0.3 is 10.1 Å². The highest BCUT2D eigenvalue weighted by molar-refractivity contribution is 7.92. The number of nitrogens with one attached hydrogen (secondary N) is 2. The lowest BCUT2D eigenvalue weighted by Crippen LogP contribution is -2.38. The molecule has 2 aromatic carbocycles. The van der Waals surface area contributed by atoms with E-state index in [1.807, 2.05) is 13.8 Å². The number of amides is 1. The predicted octanol–water partition coefficient (Wildman–Crippen LogP) is 3.99. The number of hydrogen-bond donors (Lipinski definition) is 2. The molecule has 0 heterocycles. The van der Waals surface area contributed by atoms with Gasteiger partial charge in [-0.05, 0) is 61.7 Å². The fraction of sp³-hybridized carbons (Fsp3) is 0.350. The number of halogens is 1. The highest BCUT2D eigenvalue weighted by atomic mass is 35.5. The summed E-state index contributed by atoms with van der Waals surface area (Å²) in [7, 11) is -3.78. The highest BCUT2D eigenvalue weighted by Gasteiger charge is 2.18. The summed E-state index contributed by atoms with van der Waals surface area (Å²) in [6, 6.07) is 10.9. The summed E-state index contributed by atoms with van der Waals surface area (Å²) in [4.78, 5) is 12.1. The van der Waals surface area contributed by atoms with Crippen molar-refractivity contribution in [1.82, 2.24) is 5.32 Å². The van der Waals surface area contributed by atoms with E-state index in [4.69, 9.17) is 16.3 Å². The van der Waals surface area contributed by atoms with E-state index in [1.54, 1.807) is 32.0 Å². The first-order valence-corrected chi connectivity index (χ1v) is 10.8. The third-order valence-electron chi connectivity index (χ3n) is 3.94. The number of anilines is 1. The number of aryl methyl sites for hydroxylation is 1. The quantitative estimate of drug-likeness (QED) is 0.671. The van der Waals surface area contributed by atoms with Crippen LogP contribution >= 0.6 is 11.6 Å². The number of carbonyl (C=O) groups is 1. The molecule has 0 unspecified atom stereocenters. The number of benzene rings is 2. The van der Waals surface area contributed by atoms with E-state index in [2.05, 4.69) is 10.0 Å². The van der Waals surface area contributed by atoms with Gasteiger partial charge in [-0.25, -0.2) is 8.42 Å². The first kappa shape index (κ1) is 22.0. The van der Waals surface area contributed by atoms with Crippen LogP contribution in [0, 0.1) is 12.8 Å². The van der Waals surface area contributed by atoms with Crippen molar-refractivity contribution in [2.45, 2.75) is 38.7 Å². The number of rotatable bonds is 8. The fourth-order valence-corrected chi connectivity index (χ4v) is 3.61. The predicted molar refractivity (Wildman–Crippen MR) is 111 cm³/mol. The molecule has 0 radical (unpaired) electrons. The molecule has 152 valence electrons. The summed E-state index contributed by atoms with van der Waals surface area (Å²) >= 11 is 5.94. The van der Waals surface area contributed by atoms with Crippen LogP contribution in [-0.4, -0.2) is 27.0 Å². The van der Waals surface area contributed by atoms with Gasteiger partial charge in [-0.2, -0.15) is 0 Å². The van der Waals surface area contributed by atoms with E-state index in [-0.39, 0.29) is 10.8 Å². The third-order valence-corrected chi connectivity index (χ3v) is 5.56. The first-order valence-electron chi connectivity index (χ1n) is 8.92. The summed E-state index contributed by atoms with van der Waals surface area (Å²) in [6.07, 6.45) is -0.687. The standard InChI is InChI=1S/C20H25ClN2O4S/c1-13(2)12-22-20(24)15(4)27-17-7-9-18(10-8-17)28(25,26)23-19-11-16(21)6-5-14(19)3/h5-11,13,15,23H,12H2,1-4H3,(H,22,24)/t15-/m1/s1. The van der Waals surface area contributed by atoms with Gasteiger partial charge in [0.05, 0.1) is 10.6 Å². The summed E-state index contributed by atoms with van der Waals surface area (Å²) in [5.74, 6) is 0.532. The van der Waals surface area contributed by atoms with Gasteiger partial charge in [0.1, 0.15) is 5.75 Å². The van der Waals surface area contributed by atoms with E-state index < -0.39 is 16.1 Å². The van der Waals surface area contributed by atoms with Crippen molar-refractivity contribution in [3.63, 3.8) is 0 Å². The zero-order valence-corrected chi connectivity index (χ0v) is 17.9. The maximum absolute atomic E-state index is 12.6. The zero-order chi connectivity index (χ0) is 20.9. The molecular formula is C20H25ClN2O4S. The van der Waals surface area contributed by atoms with E-state index in [1.165, 1.54) is 24.3 Å². The molecule has 0 aliphatic rings. The van der Waals surface area contributed by atoms with Gasteiger partial charge >= 0.3 is 0 Å². The molecule has 1 atom stereocenters. The van der Waals surface area contributed by atoms with Gasteiger partial charge in [-0.1, -0.05) is 31.5 Å². The van der Waals surface area contributed by atoms with Crippen LogP contribution in [0.5, 0.6) is 5.75 Å². The first-order chi connectivity index (χ1) is 13.1. The van der Waals surface area contributed by atoms with E-state index in [9.17, 15) is 13.2 Å². The van der Waals surface area contributed by atoms with Crippen molar-refractivity contribution in [1.29, 1.82) is 0 Å². The summed E-state index contributed by atoms with van der Waals surface area (Å²) in [5.41, 5.74) is 1.18. The summed E-state index contributed by atoms with van der Waals surface area (Å²) < 4.78 is 33.3. The second-order valence-electron chi connectivity index (χ2n) is 6.94. The van der Waals surface area contributed by atoms with Crippen molar-refractivity contribution in [3.05, 3.63) is 53.1 Å². The Hall–Kier alpha value is -2.25. The number of carbonyl (C=O) groups excluding carboxylic acids is 1. The lowest BCUT2D eigenvalue weighted by Gasteiger charge is -2.16. The van der Waals surface area contributed by atoms with Crippen LogP contribution in [0.1, 0.15) is 26.3 Å². The van der Waals surface area contributed by atoms with Gasteiger partial charge in [0.2, 0.25) is 0 Å². The minimum absolute atomic E-state index is 0.0798. The van der Waals surface area contributed by atoms with Crippen LogP contribution in [0.15, 0.2) is 47.4 Å². The minimum atomic E-state index is -3.78. The molecule has 0 bridgehead atoms. The maximum Gasteiger partial charge on any atom is 0.261 e. The third kappa shape index (κ3) is 6.14. The van der Waals surface area contributed by atoms with E-state index >= 15 is 0 Å². The Morgan fingerprint density at radius 2 is 1.75 bits per heavy atom. The minimum Gasteiger partial charge on any atom is -0.481 e. The molecule has 2 aromatic rings. The molecule has 6 nitrogen and oxygen atoms in total. The van der Waals surface area contributed by atoms with Crippen LogP contribution in [0.4, 0.5) is 5.69 Å². The second-order valence-corrected chi connectivity index (χ2v) is 9.05. The van der Waals surface area contributed by atoms with E-state index in [0.717, 1.165) is 5.56 Å². The lowest BCUT2D eigenvalue weighted by molar-refractivity contribution is -0.127. The smallest absolute Gasteiger partial charge is 0.261 e. The van der Waals surface area contributed by atoms with Gasteiger partial charge in [0.25, 0.3) is 15.9 Å². The van der Waals surface area contributed by atoms with Gasteiger partial charge in [-0.15, -0.1) is 0 Å². The summed E-state index contributed by atoms with van der Waals surface area (Å²) in [6.45, 7) is 8.01. The van der Waals surface area contributed by atoms with Gasteiger partial charge in [0, 0.05) is 11.6 Å². The molecular weight excluding hydrogens is 400 g/mol. The molecule has 0 saturated carbocycles. The Morgan fingerprint density at radius 1 is 1.11 bits per heavy atom. The topological polar surface area (TPSA) is 84.5 Å². The molecule has 28 heavy (non-hydrogen) atoms. The second kappa shape index (κ2) is 9.30. The normalized spacial score (nSPS) is 12.5. The van der Waals surface area contributed by atoms with Crippen molar-refractivity contribution in [3.8, 4) is 5.75 Å². The SMILES string of the molecule is Cc1ccc(Cl)cc1NS(=O)(=O)c1ccc(O[C@H](C)C(=O)NCC(C)C)cc1. The van der Waals surface area contributed by atoms with Crippen LogP contribution in [-0.2, 0) is 14.8 Å². The largest absolute Gasteiger partial charge is 0.481 e. The summed E-state index contributed by atoms with van der Waals surface area (Å²) in [5, 5.41) is 3.24. The fourth-order valence-electron chi connectivity index (χ4n) is 2.31. The Kier molecular flexibility index (Phi) is 7.32. The van der Waals surface area contributed by atoms with Crippen molar-refractivity contribution in [2.24, 2.45) is 5.92 Å². The molecule has 0 fully saturated rings. The molecule has 8 heteroatoms. The molecule has 0 aromatic heterocycles. The maximum atomic E-state index is 12.6. The van der Waals surface area contributed by atoms with Gasteiger partial charge in [0.15, 0.2) is 6.10 Å². The molecule has 2 N–H and O–H groups in total. The molecule has 2 rings (SSSR count). The average molecular weight is 425 g/mol. The van der Waals surface area contributed by atoms with Crippen LogP contribution in [0.2, 0.25) is 5.02 Å². The lowest BCUT2D eigenvalue weighted by atomic mass is 10.2. The van der Waals surface area contributed by atoms with Crippen LogP contribution < -0.4 is 14.8 Å². The molecule has 0 spiro atoms. The van der Waals surface area contributed by atoms with Crippen molar-refractivity contribution >= 4 is 33.2 Å². The molecule has 0 saturated heterocycles. The Morgan fingerprint density at radius 3 is 2.36 bits per heavy atom. The zero-order valence-electron chi connectivity index (χ0n) is 16.3. The molecule has 0 aliphatic heterocycles. The Balaban J connectivity index is 2.06. The number of sulfonamides is 1. The van der Waals surface area contributed by atoms with Crippen LogP contribution in [0.25, 0.3) is 0 Å². The number of hydrogen-bond acceptors (Lipinski definition) is 4. The van der Waals surface area contributed by atoms with Crippen LogP contribution in [0.3, 0.4) is 0 Å². The molecule has 0 aliphatic carbocycles. The van der Waals surface area contributed by atoms with Crippen molar-refractivity contribution < 1.29 is 17.9 Å². The highest BCUT2D eigenvalue weighted by Crippen LogP contribution is 2.24. The number of ether oxygens (including phenoxy) is 1. The average Bonchev–Trinajstić information content (AvgIpc) is 2.63. The Labute approximate surface area is 171 Å². The molecule has 1 amide bonds. The van der Waals surface area contributed by atoms with Gasteiger partial charge in [-0.3, -0.25) is 9.52 Å². The van der Waals surface area contributed by atoms with E-state index in [0.29, 0.717) is 28.9 Å². The Bertz CT molecular complexity index is 928. The van der Waals surface area contributed by atoms with Crippen molar-refractivity contribution in [2.75, 3.05) is 11.3 Å². The monoisotopic (exact) mass is 424 g/mol.